The van der Waals surface area contributed by atoms with Crippen LogP contribution in [0.1, 0.15) is 58.6 Å². The molecule has 2 aromatic rings. The van der Waals surface area contributed by atoms with E-state index in [0.717, 1.165) is 17.7 Å². The van der Waals surface area contributed by atoms with E-state index in [1.165, 1.54) is 18.4 Å². The summed E-state index contributed by atoms with van der Waals surface area (Å²) in [4.78, 5) is 28.5. The van der Waals surface area contributed by atoms with E-state index in [1.54, 1.807) is 30.6 Å². The van der Waals surface area contributed by atoms with E-state index < -0.39 is 21.3 Å². The Morgan fingerprint density at radius 2 is 1.83 bits per heavy atom. The van der Waals surface area contributed by atoms with Gasteiger partial charge in [-0.1, -0.05) is 44.9 Å². The number of thiazole rings is 1. The van der Waals surface area contributed by atoms with Gasteiger partial charge in [0.05, 0.1) is 17.7 Å². The molecule has 10 nitrogen and oxygen atoms in total. The summed E-state index contributed by atoms with van der Waals surface area (Å²) < 4.78 is 33.9. The van der Waals surface area contributed by atoms with Gasteiger partial charge in [-0.25, -0.2) is 23.6 Å². The molecule has 0 fully saturated rings. The fraction of sp³-hybridized carbons (Fsp3) is 0.522. The third-order valence-electron chi connectivity index (χ3n) is 5.16. The SMILES string of the molecule is COc1ccc(-c2sc(NC(=O)C(C)(C)C)nc2C)cc1S(=O)(=O)NCCCCCCC(=O)NO. The lowest BCUT2D eigenvalue weighted by molar-refractivity contribution is -0.129. The van der Waals surface area contributed by atoms with Crippen molar-refractivity contribution >= 4 is 38.3 Å². The summed E-state index contributed by atoms with van der Waals surface area (Å²) in [5.41, 5.74) is 2.35. The molecule has 0 aliphatic carbocycles. The summed E-state index contributed by atoms with van der Waals surface area (Å²) in [6.45, 7) is 7.48. The van der Waals surface area contributed by atoms with E-state index in [2.05, 4.69) is 15.0 Å². The fourth-order valence-corrected chi connectivity index (χ4v) is 5.36. The number of unbranched alkanes of at least 4 members (excludes halogenated alkanes) is 3. The lowest BCUT2D eigenvalue weighted by Crippen LogP contribution is -2.27. The number of anilines is 1. The lowest BCUT2D eigenvalue weighted by atomic mass is 9.96. The first-order chi connectivity index (χ1) is 16.4. The number of aryl methyl sites for hydroxylation is 1. The molecule has 0 bridgehead atoms. The standard InChI is InChI=1S/C23H34N4O6S2/c1-15-20(34-22(25-15)26-21(29)23(2,3)4)16-11-12-17(33-5)18(14-16)35(31,32)24-13-9-7-6-8-10-19(28)27-30/h11-12,14,24,30H,6-10,13H2,1-5H3,(H,27,28)(H,25,26,29). The second-order valence-corrected chi connectivity index (χ2v) is 11.8. The maximum Gasteiger partial charge on any atom is 0.244 e. The average Bonchev–Trinajstić information content (AvgIpc) is 3.16. The molecule has 1 heterocycles. The molecular weight excluding hydrogens is 492 g/mol. The molecule has 12 heteroatoms. The van der Waals surface area contributed by atoms with E-state index in [-0.39, 0.29) is 29.5 Å². The van der Waals surface area contributed by atoms with Crippen molar-refractivity contribution in [3.63, 3.8) is 0 Å². The van der Waals surface area contributed by atoms with Crippen LogP contribution in [-0.2, 0) is 19.6 Å². The molecule has 1 aromatic carbocycles. The molecule has 194 valence electrons. The number of hydroxylamine groups is 1. The van der Waals surface area contributed by atoms with Gasteiger partial charge in [-0.05, 0) is 43.5 Å². The van der Waals surface area contributed by atoms with Gasteiger partial charge in [0.15, 0.2) is 5.13 Å². The zero-order chi connectivity index (χ0) is 26.2. The van der Waals surface area contributed by atoms with Gasteiger partial charge in [-0.3, -0.25) is 14.8 Å². The zero-order valence-corrected chi connectivity index (χ0v) is 22.4. The largest absolute Gasteiger partial charge is 0.495 e. The molecule has 0 unspecified atom stereocenters. The molecular formula is C23H34N4O6S2. The molecule has 0 spiro atoms. The second-order valence-electron chi connectivity index (χ2n) is 9.10. The third kappa shape index (κ3) is 8.27. The maximum atomic E-state index is 13.0. The van der Waals surface area contributed by atoms with Gasteiger partial charge in [0.25, 0.3) is 0 Å². The number of amides is 2. The number of hydrogen-bond donors (Lipinski definition) is 4. The van der Waals surface area contributed by atoms with Crippen LogP contribution in [0.3, 0.4) is 0 Å². The van der Waals surface area contributed by atoms with Crippen molar-refractivity contribution in [3.05, 3.63) is 23.9 Å². The van der Waals surface area contributed by atoms with Crippen LogP contribution in [0.2, 0.25) is 0 Å². The first-order valence-electron chi connectivity index (χ1n) is 11.3. The molecule has 2 rings (SSSR count). The first kappa shape index (κ1) is 28.7. The quantitative estimate of drug-likeness (QED) is 0.187. The lowest BCUT2D eigenvalue weighted by Gasteiger charge is -2.15. The predicted molar refractivity (Wildman–Crippen MR) is 135 cm³/mol. The summed E-state index contributed by atoms with van der Waals surface area (Å²) in [7, 11) is -2.43. The maximum absolute atomic E-state index is 13.0. The second kappa shape index (κ2) is 12.4. The molecule has 0 atom stereocenters. The van der Waals surface area contributed by atoms with Gasteiger partial charge >= 0.3 is 0 Å². The Hall–Kier alpha value is -2.54. The van der Waals surface area contributed by atoms with Gasteiger partial charge < -0.3 is 10.1 Å². The Bertz CT molecular complexity index is 1140. The van der Waals surface area contributed by atoms with Crippen molar-refractivity contribution < 1.29 is 28.0 Å². The van der Waals surface area contributed by atoms with Crippen molar-refractivity contribution in [1.82, 2.24) is 15.2 Å². The Labute approximate surface area is 210 Å². The molecule has 0 aliphatic rings. The number of hydrogen-bond acceptors (Lipinski definition) is 8. The van der Waals surface area contributed by atoms with Crippen LogP contribution < -0.4 is 20.3 Å². The number of methoxy groups -OCH3 is 1. The number of ether oxygens (including phenoxy) is 1. The average molecular weight is 527 g/mol. The summed E-state index contributed by atoms with van der Waals surface area (Å²) >= 11 is 1.28. The van der Waals surface area contributed by atoms with E-state index in [9.17, 15) is 18.0 Å². The normalized spacial score (nSPS) is 11.8. The van der Waals surface area contributed by atoms with Crippen molar-refractivity contribution in [2.75, 3.05) is 19.0 Å². The molecule has 4 N–H and O–H groups in total. The van der Waals surface area contributed by atoms with Crippen LogP contribution in [0.15, 0.2) is 23.1 Å². The number of nitrogens with zero attached hydrogens (tertiary/aromatic N) is 1. The smallest absolute Gasteiger partial charge is 0.244 e. The summed E-state index contributed by atoms with van der Waals surface area (Å²) in [5, 5.41) is 11.8. The van der Waals surface area contributed by atoms with Crippen LogP contribution >= 0.6 is 11.3 Å². The van der Waals surface area contributed by atoms with Crippen molar-refractivity contribution in [1.29, 1.82) is 0 Å². The molecule has 0 saturated heterocycles. The fourth-order valence-electron chi connectivity index (χ4n) is 3.13. The van der Waals surface area contributed by atoms with Gasteiger partial charge in [0.1, 0.15) is 10.6 Å². The molecule has 0 radical (unpaired) electrons. The third-order valence-corrected chi connectivity index (χ3v) is 7.77. The number of aromatic nitrogens is 1. The molecule has 1 aromatic heterocycles. The topological polar surface area (TPSA) is 147 Å². The van der Waals surface area contributed by atoms with E-state index in [4.69, 9.17) is 9.94 Å². The Morgan fingerprint density at radius 1 is 1.14 bits per heavy atom. The number of rotatable bonds is 12. The minimum absolute atomic E-state index is 0.0187. The van der Waals surface area contributed by atoms with Crippen LogP contribution in [0.4, 0.5) is 5.13 Å². The number of benzene rings is 1. The predicted octanol–water partition coefficient (Wildman–Crippen LogP) is 3.85. The Balaban J connectivity index is 2.12. The number of sulfonamides is 1. The summed E-state index contributed by atoms with van der Waals surface area (Å²) in [5.74, 6) is -0.367. The summed E-state index contributed by atoms with van der Waals surface area (Å²) in [6.07, 6.45) is 2.92. The monoisotopic (exact) mass is 526 g/mol. The molecule has 35 heavy (non-hydrogen) atoms. The van der Waals surface area contributed by atoms with Gasteiger partial charge in [0.2, 0.25) is 21.8 Å². The van der Waals surface area contributed by atoms with Gasteiger partial charge in [-0.15, -0.1) is 0 Å². The van der Waals surface area contributed by atoms with Crippen molar-refractivity contribution in [2.45, 2.75) is 64.7 Å². The number of carbonyl (C=O) groups excluding carboxylic acids is 2. The number of carbonyl (C=O) groups is 2. The van der Waals surface area contributed by atoms with Crippen molar-refractivity contribution in [3.8, 4) is 16.2 Å². The van der Waals surface area contributed by atoms with E-state index in [0.29, 0.717) is 29.2 Å². The first-order valence-corrected chi connectivity index (χ1v) is 13.6. The number of nitrogens with one attached hydrogen (secondary N) is 3. The highest BCUT2D eigenvalue weighted by Gasteiger charge is 2.24. The highest BCUT2D eigenvalue weighted by molar-refractivity contribution is 7.89. The zero-order valence-electron chi connectivity index (χ0n) is 20.7. The Kier molecular flexibility index (Phi) is 10.2. The van der Waals surface area contributed by atoms with Gasteiger partial charge in [0, 0.05) is 18.4 Å². The van der Waals surface area contributed by atoms with E-state index >= 15 is 0 Å². The van der Waals surface area contributed by atoms with Crippen molar-refractivity contribution in [2.24, 2.45) is 5.41 Å². The Morgan fingerprint density at radius 3 is 2.46 bits per heavy atom. The highest BCUT2D eigenvalue weighted by Crippen LogP contribution is 2.36. The van der Waals surface area contributed by atoms with Crippen LogP contribution in [0, 0.1) is 12.3 Å². The highest BCUT2D eigenvalue weighted by atomic mass is 32.2. The van der Waals surface area contributed by atoms with Crippen LogP contribution in [0.5, 0.6) is 5.75 Å². The van der Waals surface area contributed by atoms with Crippen LogP contribution in [0.25, 0.3) is 10.4 Å². The van der Waals surface area contributed by atoms with E-state index in [1.807, 2.05) is 20.8 Å². The van der Waals surface area contributed by atoms with Gasteiger partial charge in [-0.2, -0.15) is 0 Å². The molecule has 2 amide bonds. The molecule has 0 saturated carbocycles. The minimum Gasteiger partial charge on any atom is -0.495 e. The summed E-state index contributed by atoms with van der Waals surface area (Å²) in [6, 6.07) is 4.91. The molecule has 0 aliphatic heterocycles. The van der Waals surface area contributed by atoms with Crippen LogP contribution in [-0.4, -0.2) is 44.1 Å². The minimum atomic E-state index is -3.85.